The van der Waals surface area contributed by atoms with Gasteiger partial charge in [0.15, 0.2) is 17.5 Å². The highest BCUT2D eigenvalue weighted by molar-refractivity contribution is 7.89. The SMILES string of the molecule is CN(CCCN)S(=O)(=O)c1ccc(F)c(F)c1F. The average molecular weight is 282 g/mol. The van der Waals surface area contributed by atoms with Crippen molar-refractivity contribution >= 4 is 10.0 Å². The fourth-order valence-electron chi connectivity index (χ4n) is 1.31. The maximum Gasteiger partial charge on any atom is 0.245 e. The molecule has 0 unspecified atom stereocenters. The topological polar surface area (TPSA) is 63.4 Å². The molecule has 0 radical (unpaired) electrons. The van der Waals surface area contributed by atoms with Crippen molar-refractivity contribution in [3.63, 3.8) is 0 Å². The standard InChI is InChI=1S/C10H13F3N2O2S/c1-15(6-2-5-14)18(16,17)8-4-3-7(11)9(12)10(8)13/h3-4H,2,5-6,14H2,1H3. The smallest absolute Gasteiger partial charge is 0.245 e. The molecule has 0 amide bonds. The molecular weight excluding hydrogens is 269 g/mol. The van der Waals surface area contributed by atoms with Gasteiger partial charge in [0.2, 0.25) is 10.0 Å². The van der Waals surface area contributed by atoms with E-state index in [1.54, 1.807) is 0 Å². The van der Waals surface area contributed by atoms with E-state index in [9.17, 15) is 21.6 Å². The molecule has 102 valence electrons. The van der Waals surface area contributed by atoms with Gasteiger partial charge in [0.1, 0.15) is 4.90 Å². The molecule has 1 rings (SSSR count). The van der Waals surface area contributed by atoms with Gasteiger partial charge in [-0.05, 0) is 25.1 Å². The first kappa shape index (κ1) is 14.9. The summed E-state index contributed by atoms with van der Waals surface area (Å²) in [6, 6.07) is 1.27. The zero-order valence-electron chi connectivity index (χ0n) is 9.66. The summed E-state index contributed by atoms with van der Waals surface area (Å²) in [6.45, 7) is 0.331. The average Bonchev–Trinajstić information content (AvgIpc) is 2.32. The van der Waals surface area contributed by atoms with Crippen LogP contribution in [-0.2, 0) is 10.0 Å². The zero-order valence-corrected chi connectivity index (χ0v) is 10.5. The Balaban J connectivity index is 3.17. The molecule has 4 nitrogen and oxygen atoms in total. The summed E-state index contributed by atoms with van der Waals surface area (Å²) in [5, 5.41) is 0. The number of nitrogens with two attached hydrogens (primary N) is 1. The summed E-state index contributed by atoms with van der Waals surface area (Å²) >= 11 is 0. The third kappa shape index (κ3) is 2.82. The lowest BCUT2D eigenvalue weighted by Crippen LogP contribution is -2.30. The van der Waals surface area contributed by atoms with E-state index < -0.39 is 32.4 Å². The van der Waals surface area contributed by atoms with Gasteiger partial charge in [0.25, 0.3) is 0 Å². The van der Waals surface area contributed by atoms with Crippen molar-refractivity contribution in [1.82, 2.24) is 4.31 Å². The molecule has 0 aromatic heterocycles. The van der Waals surface area contributed by atoms with Gasteiger partial charge in [0, 0.05) is 13.6 Å². The van der Waals surface area contributed by atoms with Crippen molar-refractivity contribution < 1.29 is 21.6 Å². The normalized spacial score (nSPS) is 12.1. The van der Waals surface area contributed by atoms with Gasteiger partial charge in [-0.15, -0.1) is 0 Å². The summed E-state index contributed by atoms with van der Waals surface area (Å²) in [4.78, 5) is -0.888. The van der Waals surface area contributed by atoms with Crippen LogP contribution in [-0.4, -0.2) is 32.9 Å². The molecule has 0 saturated heterocycles. The molecule has 0 atom stereocenters. The van der Waals surface area contributed by atoms with Crippen molar-refractivity contribution in [2.24, 2.45) is 5.73 Å². The Morgan fingerprint density at radius 2 is 1.83 bits per heavy atom. The molecule has 0 bridgehead atoms. The van der Waals surface area contributed by atoms with Crippen LogP contribution in [0.2, 0.25) is 0 Å². The molecular formula is C10H13F3N2O2S. The van der Waals surface area contributed by atoms with E-state index in [-0.39, 0.29) is 13.1 Å². The van der Waals surface area contributed by atoms with Crippen LogP contribution in [0.5, 0.6) is 0 Å². The van der Waals surface area contributed by atoms with Gasteiger partial charge < -0.3 is 5.73 Å². The van der Waals surface area contributed by atoms with Crippen molar-refractivity contribution in [3.05, 3.63) is 29.6 Å². The molecule has 0 heterocycles. The summed E-state index contributed by atoms with van der Waals surface area (Å²) in [6.07, 6.45) is 0.376. The Morgan fingerprint density at radius 1 is 1.22 bits per heavy atom. The lowest BCUT2D eigenvalue weighted by atomic mass is 10.3. The van der Waals surface area contributed by atoms with Crippen LogP contribution in [0.15, 0.2) is 17.0 Å². The summed E-state index contributed by atoms with van der Waals surface area (Å²) in [5.41, 5.74) is 5.23. The van der Waals surface area contributed by atoms with E-state index in [0.29, 0.717) is 18.6 Å². The second-order valence-corrected chi connectivity index (χ2v) is 5.66. The van der Waals surface area contributed by atoms with Crippen LogP contribution in [0.4, 0.5) is 13.2 Å². The number of hydrogen-bond acceptors (Lipinski definition) is 3. The summed E-state index contributed by atoms with van der Waals surface area (Å²) < 4.78 is 63.7. The van der Waals surface area contributed by atoms with Gasteiger partial charge >= 0.3 is 0 Å². The highest BCUT2D eigenvalue weighted by Gasteiger charge is 2.27. The van der Waals surface area contributed by atoms with Crippen LogP contribution in [0.3, 0.4) is 0 Å². The van der Waals surface area contributed by atoms with Crippen molar-refractivity contribution in [2.75, 3.05) is 20.1 Å². The minimum Gasteiger partial charge on any atom is -0.330 e. The first-order valence-corrected chi connectivity index (χ1v) is 6.56. The maximum atomic E-state index is 13.4. The predicted octanol–water partition coefficient (Wildman–Crippen LogP) is 1.07. The first-order valence-electron chi connectivity index (χ1n) is 5.12. The van der Waals surface area contributed by atoms with Gasteiger partial charge in [-0.25, -0.2) is 25.9 Å². The second kappa shape index (κ2) is 5.68. The maximum absolute atomic E-state index is 13.4. The zero-order chi connectivity index (χ0) is 13.9. The lowest BCUT2D eigenvalue weighted by molar-refractivity contribution is 0.421. The van der Waals surface area contributed by atoms with E-state index in [1.807, 2.05) is 0 Å². The molecule has 0 aliphatic rings. The van der Waals surface area contributed by atoms with Gasteiger partial charge in [-0.1, -0.05) is 0 Å². The predicted molar refractivity (Wildman–Crippen MR) is 59.8 cm³/mol. The lowest BCUT2D eigenvalue weighted by Gasteiger charge is -2.17. The summed E-state index contributed by atoms with van der Waals surface area (Å²) in [5.74, 6) is -4.95. The largest absolute Gasteiger partial charge is 0.330 e. The van der Waals surface area contributed by atoms with Gasteiger partial charge in [0.05, 0.1) is 0 Å². The molecule has 18 heavy (non-hydrogen) atoms. The van der Waals surface area contributed by atoms with Crippen LogP contribution in [0.1, 0.15) is 6.42 Å². The first-order chi connectivity index (χ1) is 8.32. The molecule has 0 aliphatic heterocycles. The molecule has 1 aromatic rings. The van der Waals surface area contributed by atoms with Crippen LogP contribution in [0, 0.1) is 17.5 Å². The summed E-state index contributed by atoms with van der Waals surface area (Å²) in [7, 11) is -2.97. The molecule has 8 heteroatoms. The third-order valence-electron chi connectivity index (χ3n) is 2.37. The number of nitrogens with zero attached hydrogens (tertiary/aromatic N) is 1. The van der Waals surface area contributed by atoms with Gasteiger partial charge in [-0.2, -0.15) is 0 Å². The highest BCUT2D eigenvalue weighted by Crippen LogP contribution is 2.22. The molecule has 0 fully saturated rings. The molecule has 0 aliphatic carbocycles. The van der Waals surface area contributed by atoms with Crippen LogP contribution < -0.4 is 5.73 Å². The quantitative estimate of drug-likeness (QED) is 0.822. The van der Waals surface area contributed by atoms with E-state index >= 15 is 0 Å². The molecule has 0 saturated carbocycles. The molecule has 2 N–H and O–H groups in total. The van der Waals surface area contributed by atoms with Crippen molar-refractivity contribution in [1.29, 1.82) is 0 Å². The number of rotatable bonds is 5. The number of sulfonamides is 1. The fourth-order valence-corrected chi connectivity index (χ4v) is 2.57. The second-order valence-electron chi connectivity index (χ2n) is 3.64. The van der Waals surface area contributed by atoms with E-state index in [4.69, 9.17) is 5.73 Å². The Hall–Kier alpha value is -1.12. The van der Waals surface area contributed by atoms with Crippen molar-refractivity contribution in [2.45, 2.75) is 11.3 Å². The molecule has 1 aromatic carbocycles. The van der Waals surface area contributed by atoms with Crippen LogP contribution in [0.25, 0.3) is 0 Å². The Kier molecular flexibility index (Phi) is 4.71. The Labute approximate surface area is 103 Å². The Morgan fingerprint density at radius 3 is 2.39 bits per heavy atom. The van der Waals surface area contributed by atoms with E-state index in [2.05, 4.69) is 0 Å². The minimum absolute atomic E-state index is 0.0667. The fraction of sp³-hybridized carbons (Fsp3) is 0.400. The van der Waals surface area contributed by atoms with Crippen LogP contribution >= 0.6 is 0 Å². The number of benzene rings is 1. The molecule has 0 spiro atoms. The van der Waals surface area contributed by atoms with E-state index in [1.165, 1.54) is 7.05 Å². The van der Waals surface area contributed by atoms with Crippen molar-refractivity contribution in [3.8, 4) is 0 Å². The Bertz CT molecular complexity index is 534. The van der Waals surface area contributed by atoms with E-state index in [0.717, 1.165) is 4.31 Å². The monoisotopic (exact) mass is 282 g/mol. The number of halogens is 3. The van der Waals surface area contributed by atoms with Gasteiger partial charge in [-0.3, -0.25) is 0 Å². The number of hydrogen-bond donors (Lipinski definition) is 1. The highest BCUT2D eigenvalue weighted by atomic mass is 32.2. The third-order valence-corrected chi connectivity index (χ3v) is 4.24. The minimum atomic E-state index is -4.19.